The standard InChI is InChI=1S/C28H29FN4O7/c1-28(2)15-39-11-9-33(28)26(36)19-14-32-22-21(23(34)20(27(32)37)25(35)30-8-10-38-3)31-13-17(24(22)40-19)12-16-4-6-18(29)7-5-16/h4-7,13-14,34H,8-12,15H2,1-3H3,(H,30,35). The zero-order valence-electron chi connectivity index (χ0n) is 22.3. The van der Waals surface area contributed by atoms with E-state index < -0.39 is 40.0 Å². The second-order valence-electron chi connectivity index (χ2n) is 10.2. The minimum atomic E-state index is -0.850. The Bertz CT molecular complexity index is 1580. The summed E-state index contributed by atoms with van der Waals surface area (Å²) in [5.41, 5.74) is -0.745. The van der Waals surface area contributed by atoms with E-state index in [1.54, 1.807) is 17.0 Å². The maximum atomic E-state index is 13.7. The van der Waals surface area contributed by atoms with Gasteiger partial charge in [-0.15, -0.1) is 0 Å². The highest BCUT2D eigenvalue weighted by molar-refractivity contribution is 6.05. The van der Waals surface area contributed by atoms with Gasteiger partial charge in [0.1, 0.15) is 22.4 Å². The number of carbonyl (C=O) groups is 2. The van der Waals surface area contributed by atoms with Crippen molar-refractivity contribution in [3.05, 3.63) is 69.1 Å². The van der Waals surface area contributed by atoms with Gasteiger partial charge in [-0.3, -0.25) is 23.9 Å². The number of halogens is 1. The molecular formula is C28H29FN4O7. The fourth-order valence-electron chi connectivity index (χ4n) is 4.83. The fourth-order valence-corrected chi connectivity index (χ4v) is 4.83. The van der Waals surface area contributed by atoms with Crippen molar-refractivity contribution in [3.63, 3.8) is 0 Å². The Hall–Kier alpha value is -4.29. The molecule has 210 valence electrons. The minimum Gasteiger partial charge on any atom is -0.505 e. The number of benzene rings is 1. The Morgan fingerprint density at radius 1 is 1.25 bits per heavy atom. The van der Waals surface area contributed by atoms with Crippen LogP contribution >= 0.6 is 0 Å². The van der Waals surface area contributed by atoms with Gasteiger partial charge in [0.05, 0.1) is 31.6 Å². The molecule has 11 nitrogen and oxygen atoms in total. The highest BCUT2D eigenvalue weighted by Gasteiger charge is 2.38. The van der Waals surface area contributed by atoms with Gasteiger partial charge < -0.3 is 29.5 Å². The van der Waals surface area contributed by atoms with E-state index in [2.05, 4.69) is 10.3 Å². The molecule has 0 spiro atoms. The first kappa shape index (κ1) is 27.3. The summed E-state index contributed by atoms with van der Waals surface area (Å²) in [6.07, 6.45) is 2.89. The van der Waals surface area contributed by atoms with Crippen LogP contribution in [-0.4, -0.2) is 76.9 Å². The van der Waals surface area contributed by atoms with Crippen LogP contribution in [0.4, 0.5) is 4.39 Å². The molecule has 0 unspecified atom stereocenters. The summed E-state index contributed by atoms with van der Waals surface area (Å²) >= 11 is 0. The topological polar surface area (TPSA) is 132 Å². The van der Waals surface area contributed by atoms with Gasteiger partial charge in [-0.25, -0.2) is 4.39 Å². The van der Waals surface area contributed by atoms with E-state index in [4.69, 9.17) is 14.2 Å². The van der Waals surface area contributed by atoms with Gasteiger partial charge in [-0.2, -0.15) is 0 Å². The van der Waals surface area contributed by atoms with E-state index in [1.165, 1.54) is 31.6 Å². The van der Waals surface area contributed by atoms with Crippen molar-refractivity contribution in [2.24, 2.45) is 0 Å². The highest BCUT2D eigenvalue weighted by Crippen LogP contribution is 2.39. The number of ether oxygens (including phenoxy) is 3. The first-order chi connectivity index (χ1) is 19.1. The smallest absolute Gasteiger partial charge is 0.291 e. The van der Waals surface area contributed by atoms with E-state index in [0.717, 1.165) is 10.1 Å². The van der Waals surface area contributed by atoms with Crippen molar-refractivity contribution < 1.29 is 33.3 Å². The number of rotatable bonds is 7. The molecule has 4 heterocycles. The molecule has 0 aliphatic carbocycles. The number of methoxy groups -OCH3 is 1. The van der Waals surface area contributed by atoms with E-state index in [1.807, 2.05) is 13.8 Å². The first-order valence-corrected chi connectivity index (χ1v) is 12.7. The second kappa shape index (κ2) is 10.7. The molecule has 40 heavy (non-hydrogen) atoms. The molecule has 2 amide bonds. The Labute approximate surface area is 228 Å². The molecule has 0 bridgehead atoms. The van der Waals surface area contributed by atoms with E-state index >= 15 is 0 Å². The van der Waals surface area contributed by atoms with Gasteiger partial charge in [0.15, 0.2) is 11.5 Å². The normalized spacial score (nSPS) is 15.9. The molecule has 0 radical (unpaired) electrons. The van der Waals surface area contributed by atoms with Crippen molar-refractivity contribution in [1.29, 1.82) is 0 Å². The lowest BCUT2D eigenvalue weighted by atomic mass is 10.0. The summed E-state index contributed by atoms with van der Waals surface area (Å²) < 4.78 is 31.3. The number of aromatic nitrogens is 2. The number of carbonyl (C=O) groups excluding carboxylic acids is 2. The summed E-state index contributed by atoms with van der Waals surface area (Å²) in [7, 11) is 1.46. The van der Waals surface area contributed by atoms with Crippen LogP contribution in [0.1, 0.15) is 35.3 Å². The Balaban J connectivity index is 1.67. The van der Waals surface area contributed by atoms with Gasteiger partial charge in [0.25, 0.3) is 17.4 Å². The summed E-state index contributed by atoms with van der Waals surface area (Å²) in [6.45, 7) is 5.00. The van der Waals surface area contributed by atoms with Crippen molar-refractivity contribution >= 4 is 29.0 Å². The van der Waals surface area contributed by atoms with Crippen LogP contribution in [0.2, 0.25) is 0 Å². The van der Waals surface area contributed by atoms with Gasteiger partial charge in [0.2, 0.25) is 5.76 Å². The van der Waals surface area contributed by atoms with Crippen LogP contribution < -0.4 is 15.6 Å². The molecule has 3 aromatic rings. The molecule has 1 saturated heterocycles. The van der Waals surface area contributed by atoms with Crippen molar-refractivity contribution in [2.45, 2.75) is 25.8 Å². The molecule has 2 aliphatic rings. The summed E-state index contributed by atoms with van der Waals surface area (Å²) in [4.78, 5) is 46.3. The molecule has 1 fully saturated rings. The number of nitrogens with zero attached hydrogens (tertiary/aromatic N) is 3. The molecular weight excluding hydrogens is 523 g/mol. The molecule has 0 saturated carbocycles. The van der Waals surface area contributed by atoms with Gasteiger partial charge in [-0.1, -0.05) is 12.1 Å². The average Bonchev–Trinajstić information content (AvgIpc) is 2.93. The highest BCUT2D eigenvalue weighted by atomic mass is 19.1. The lowest BCUT2D eigenvalue weighted by Crippen LogP contribution is -2.56. The number of hydrogen-bond donors (Lipinski definition) is 2. The van der Waals surface area contributed by atoms with Gasteiger partial charge >= 0.3 is 0 Å². The third-order valence-corrected chi connectivity index (χ3v) is 6.90. The third kappa shape index (κ3) is 4.91. The zero-order valence-corrected chi connectivity index (χ0v) is 22.3. The van der Waals surface area contributed by atoms with E-state index in [9.17, 15) is 23.9 Å². The predicted octanol–water partition coefficient (Wildman–Crippen LogP) is 2.04. The molecule has 0 atom stereocenters. The Morgan fingerprint density at radius 3 is 2.70 bits per heavy atom. The second-order valence-corrected chi connectivity index (χ2v) is 10.2. The Kier molecular flexibility index (Phi) is 7.30. The van der Waals surface area contributed by atoms with Crippen LogP contribution in [0.15, 0.2) is 41.0 Å². The summed E-state index contributed by atoms with van der Waals surface area (Å²) in [5.74, 6) is -2.30. The Morgan fingerprint density at radius 2 is 2.00 bits per heavy atom. The van der Waals surface area contributed by atoms with Crippen LogP contribution in [-0.2, 0) is 20.7 Å². The largest absolute Gasteiger partial charge is 0.505 e. The molecule has 2 aliphatic heterocycles. The first-order valence-electron chi connectivity index (χ1n) is 12.7. The number of morpholine rings is 1. The van der Waals surface area contributed by atoms with Crippen LogP contribution in [0, 0.1) is 5.82 Å². The van der Waals surface area contributed by atoms with Crippen LogP contribution in [0.3, 0.4) is 0 Å². The lowest BCUT2D eigenvalue weighted by Gasteiger charge is -2.42. The van der Waals surface area contributed by atoms with Crippen molar-refractivity contribution in [3.8, 4) is 11.5 Å². The number of nitrogens with one attached hydrogen (secondary N) is 1. The molecule has 12 heteroatoms. The quantitative estimate of drug-likeness (QED) is 0.426. The van der Waals surface area contributed by atoms with Gasteiger partial charge in [0, 0.05) is 38.4 Å². The fraction of sp³-hybridized carbons (Fsp3) is 0.357. The summed E-state index contributed by atoms with van der Waals surface area (Å²) in [5, 5.41) is 13.5. The third-order valence-electron chi connectivity index (χ3n) is 6.90. The van der Waals surface area contributed by atoms with Crippen molar-refractivity contribution in [1.82, 2.24) is 19.8 Å². The number of aromatic hydroxyl groups is 1. The monoisotopic (exact) mass is 552 g/mol. The maximum Gasteiger partial charge on any atom is 0.291 e. The number of amides is 2. The number of hydrogen-bond acceptors (Lipinski definition) is 8. The minimum absolute atomic E-state index is 0.0520. The van der Waals surface area contributed by atoms with E-state index in [-0.39, 0.29) is 42.1 Å². The maximum absolute atomic E-state index is 13.7. The van der Waals surface area contributed by atoms with Crippen molar-refractivity contribution in [2.75, 3.05) is 40.0 Å². The summed E-state index contributed by atoms with van der Waals surface area (Å²) in [6, 6.07) is 5.85. The molecule has 1 aromatic carbocycles. The van der Waals surface area contributed by atoms with Gasteiger partial charge in [-0.05, 0) is 31.5 Å². The molecule has 2 N–H and O–H groups in total. The number of pyridine rings is 2. The van der Waals surface area contributed by atoms with Crippen LogP contribution in [0.5, 0.6) is 11.5 Å². The van der Waals surface area contributed by atoms with E-state index in [0.29, 0.717) is 25.3 Å². The molecule has 2 aromatic heterocycles. The SMILES string of the molecule is COCCNC(=O)c1c(O)c2ncc(Cc3ccc(F)cc3)c3c2n(c1=O)C=C(C(=O)N1CCOCC1(C)C)O3. The lowest BCUT2D eigenvalue weighted by molar-refractivity contribution is -0.144. The zero-order chi connectivity index (χ0) is 28.6. The molecule has 5 rings (SSSR count). The van der Waals surface area contributed by atoms with Crippen LogP contribution in [0.25, 0.3) is 17.2 Å². The average molecular weight is 553 g/mol. The predicted molar refractivity (Wildman–Crippen MR) is 143 cm³/mol.